The van der Waals surface area contributed by atoms with Gasteiger partial charge in [-0.25, -0.2) is 0 Å². The summed E-state index contributed by atoms with van der Waals surface area (Å²) in [5.74, 6) is 1.11. The van der Waals surface area contributed by atoms with E-state index >= 15 is 0 Å². The number of ether oxygens (including phenoxy) is 2. The molecule has 3 unspecified atom stereocenters. The summed E-state index contributed by atoms with van der Waals surface area (Å²) in [6, 6.07) is 0.908. The second-order valence-corrected chi connectivity index (χ2v) is 5.84. The highest BCUT2D eigenvalue weighted by atomic mass is 16.5. The molecule has 4 nitrogen and oxygen atoms in total. The van der Waals surface area contributed by atoms with Crippen molar-refractivity contribution in [3.05, 3.63) is 11.8 Å². The molecule has 0 aromatic carbocycles. The van der Waals surface area contributed by atoms with Gasteiger partial charge >= 0.3 is 0 Å². The first-order valence-corrected chi connectivity index (χ1v) is 7.80. The molecule has 0 amide bonds. The van der Waals surface area contributed by atoms with Crippen molar-refractivity contribution in [2.45, 2.75) is 50.8 Å². The zero-order valence-electron chi connectivity index (χ0n) is 11.9. The lowest BCUT2D eigenvalue weighted by Gasteiger charge is -2.39. The fraction of sp³-hybridized carbons (Fsp3) is 0.867. The van der Waals surface area contributed by atoms with Crippen LogP contribution in [0.25, 0.3) is 0 Å². The molecule has 0 radical (unpaired) electrons. The van der Waals surface area contributed by atoms with Crippen molar-refractivity contribution in [3.8, 4) is 0 Å². The number of hydrogen-bond donors (Lipinski definition) is 1. The molecule has 3 heterocycles. The molecule has 3 atom stereocenters. The van der Waals surface area contributed by atoms with Gasteiger partial charge in [0.15, 0.2) is 0 Å². The summed E-state index contributed by atoms with van der Waals surface area (Å²) in [5.41, 5.74) is 0. The van der Waals surface area contributed by atoms with Crippen LogP contribution in [0.3, 0.4) is 0 Å². The number of rotatable bonds is 5. The van der Waals surface area contributed by atoms with E-state index in [1.54, 1.807) is 0 Å². The minimum Gasteiger partial charge on any atom is -0.496 e. The first kappa shape index (κ1) is 13.4. The largest absolute Gasteiger partial charge is 0.496 e. The Balaban J connectivity index is 1.65. The normalized spacial score (nSPS) is 32.8. The van der Waals surface area contributed by atoms with Crippen molar-refractivity contribution in [1.82, 2.24) is 10.2 Å². The van der Waals surface area contributed by atoms with Gasteiger partial charge in [-0.05, 0) is 38.4 Å². The molecule has 19 heavy (non-hydrogen) atoms. The monoisotopic (exact) mass is 266 g/mol. The summed E-state index contributed by atoms with van der Waals surface area (Å²) in [6.07, 6.45) is 7.28. The highest BCUT2D eigenvalue weighted by Crippen LogP contribution is 2.27. The third-order valence-electron chi connectivity index (χ3n) is 4.44. The molecular formula is C15H26N2O2. The van der Waals surface area contributed by atoms with Crippen molar-refractivity contribution in [2.24, 2.45) is 0 Å². The summed E-state index contributed by atoms with van der Waals surface area (Å²) in [7, 11) is 0. The summed E-state index contributed by atoms with van der Waals surface area (Å²) in [6.45, 7) is 7.24. The van der Waals surface area contributed by atoms with E-state index < -0.39 is 0 Å². The average Bonchev–Trinajstić information content (AvgIpc) is 3.09. The Hall–Kier alpha value is -0.580. The van der Waals surface area contributed by atoms with Crippen LogP contribution in [0.4, 0.5) is 0 Å². The Bertz CT molecular complexity index is 332. The van der Waals surface area contributed by atoms with E-state index in [2.05, 4.69) is 23.2 Å². The summed E-state index contributed by atoms with van der Waals surface area (Å²) >= 11 is 0. The second-order valence-electron chi connectivity index (χ2n) is 5.84. The molecule has 0 spiro atoms. The van der Waals surface area contributed by atoms with Gasteiger partial charge in [-0.2, -0.15) is 0 Å². The van der Waals surface area contributed by atoms with Crippen molar-refractivity contribution in [3.63, 3.8) is 0 Å². The van der Waals surface area contributed by atoms with Gasteiger partial charge in [0.1, 0.15) is 5.76 Å². The van der Waals surface area contributed by atoms with E-state index in [0.29, 0.717) is 6.04 Å². The zero-order chi connectivity index (χ0) is 13.1. The lowest BCUT2D eigenvalue weighted by molar-refractivity contribution is -0.0652. The molecule has 0 saturated carbocycles. The standard InChI is InChI=1S/C15H26N2O2/c1-2-7-16-15(13-6-4-9-18-13)14-10-17-8-3-5-12(17)11-19-14/h6,12,14-16H,2-5,7-11H2,1H3. The molecule has 0 bridgehead atoms. The third-order valence-corrected chi connectivity index (χ3v) is 4.44. The molecule has 4 heteroatoms. The predicted molar refractivity (Wildman–Crippen MR) is 75.1 cm³/mol. The van der Waals surface area contributed by atoms with Crippen LogP contribution in [0.1, 0.15) is 32.6 Å². The van der Waals surface area contributed by atoms with Gasteiger partial charge in [-0.15, -0.1) is 0 Å². The maximum absolute atomic E-state index is 6.14. The minimum absolute atomic E-state index is 0.240. The van der Waals surface area contributed by atoms with Gasteiger partial charge in [0.05, 0.1) is 25.4 Å². The van der Waals surface area contributed by atoms with Crippen molar-refractivity contribution in [2.75, 3.05) is 32.8 Å². The Morgan fingerprint density at radius 3 is 3.26 bits per heavy atom. The van der Waals surface area contributed by atoms with Crippen LogP contribution in [0.2, 0.25) is 0 Å². The fourth-order valence-electron chi connectivity index (χ4n) is 3.41. The predicted octanol–water partition coefficient (Wildman–Crippen LogP) is 1.52. The molecule has 0 aliphatic carbocycles. The summed E-state index contributed by atoms with van der Waals surface area (Å²) in [5, 5.41) is 3.62. The molecule has 3 aliphatic heterocycles. The van der Waals surface area contributed by atoms with Crippen molar-refractivity contribution < 1.29 is 9.47 Å². The van der Waals surface area contributed by atoms with E-state index in [9.17, 15) is 0 Å². The van der Waals surface area contributed by atoms with Crippen LogP contribution in [-0.2, 0) is 9.47 Å². The first-order chi connectivity index (χ1) is 9.38. The summed E-state index contributed by atoms with van der Waals surface area (Å²) in [4.78, 5) is 2.60. The SMILES string of the molecule is CCCNC(C1=CCCO1)C1CN2CCCC2CO1. The van der Waals surface area contributed by atoms with Gasteiger partial charge in [0.25, 0.3) is 0 Å². The molecular weight excluding hydrogens is 240 g/mol. The van der Waals surface area contributed by atoms with Crippen molar-refractivity contribution in [1.29, 1.82) is 0 Å². The first-order valence-electron chi connectivity index (χ1n) is 7.80. The number of nitrogens with one attached hydrogen (secondary N) is 1. The van der Waals surface area contributed by atoms with Crippen LogP contribution in [0.5, 0.6) is 0 Å². The van der Waals surface area contributed by atoms with E-state index in [4.69, 9.17) is 9.47 Å². The maximum Gasteiger partial charge on any atom is 0.112 e. The van der Waals surface area contributed by atoms with Crippen LogP contribution in [0.15, 0.2) is 11.8 Å². The topological polar surface area (TPSA) is 33.7 Å². The number of fused-ring (bicyclic) bond motifs is 1. The van der Waals surface area contributed by atoms with Gasteiger partial charge in [-0.3, -0.25) is 4.90 Å². The Kier molecular flexibility index (Phi) is 4.41. The molecule has 2 saturated heterocycles. The average molecular weight is 266 g/mol. The van der Waals surface area contributed by atoms with E-state index in [1.807, 2.05) is 0 Å². The molecule has 0 aromatic rings. The summed E-state index contributed by atoms with van der Waals surface area (Å²) < 4.78 is 11.9. The Morgan fingerprint density at radius 2 is 2.47 bits per heavy atom. The number of nitrogens with zero attached hydrogens (tertiary/aromatic N) is 1. The van der Waals surface area contributed by atoms with Gasteiger partial charge in [0, 0.05) is 19.0 Å². The van der Waals surface area contributed by atoms with Gasteiger partial charge < -0.3 is 14.8 Å². The molecule has 0 aromatic heterocycles. The van der Waals surface area contributed by atoms with Crippen LogP contribution in [-0.4, -0.2) is 55.9 Å². The highest BCUT2D eigenvalue weighted by molar-refractivity contribution is 5.11. The molecule has 108 valence electrons. The minimum atomic E-state index is 0.240. The quantitative estimate of drug-likeness (QED) is 0.818. The van der Waals surface area contributed by atoms with E-state index in [-0.39, 0.29) is 12.1 Å². The fourth-order valence-corrected chi connectivity index (χ4v) is 3.41. The third kappa shape index (κ3) is 2.96. The maximum atomic E-state index is 6.14. The van der Waals surface area contributed by atoms with E-state index in [0.717, 1.165) is 44.9 Å². The van der Waals surface area contributed by atoms with Crippen LogP contribution >= 0.6 is 0 Å². The van der Waals surface area contributed by atoms with Gasteiger partial charge in [0.2, 0.25) is 0 Å². The number of morpholine rings is 1. The Labute approximate surface area is 116 Å². The second kappa shape index (κ2) is 6.25. The van der Waals surface area contributed by atoms with Gasteiger partial charge in [-0.1, -0.05) is 6.92 Å². The highest BCUT2D eigenvalue weighted by Gasteiger charge is 2.37. The molecule has 2 fully saturated rings. The molecule has 3 aliphatic rings. The van der Waals surface area contributed by atoms with E-state index in [1.165, 1.54) is 19.4 Å². The van der Waals surface area contributed by atoms with Crippen LogP contribution < -0.4 is 5.32 Å². The lowest BCUT2D eigenvalue weighted by atomic mass is 10.0. The van der Waals surface area contributed by atoms with Crippen molar-refractivity contribution >= 4 is 0 Å². The lowest BCUT2D eigenvalue weighted by Crippen LogP contribution is -2.55. The molecule has 1 N–H and O–H groups in total. The number of hydrogen-bond acceptors (Lipinski definition) is 4. The zero-order valence-corrected chi connectivity index (χ0v) is 11.9. The smallest absolute Gasteiger partial charge is 0.112 e. The molecule has 3 rings (SSSR count). The Morgan fingerprint density at radius 1 is 1.53 bits per heavy atom. The van der Waals surface area contributed by atoms with Crippen LogP contribution in [0, 0.1) is 0 Å².